The lowest BCUT2D eigenvalue weighted by Crippen LogP contribution is -2.02. The molecule has 0 aromatic carbocycles. The molecule has 0 saturated heterocycles. The van der Waals surface area contributed by atoms with Gasteiger partial charge in [-0.05, 0) is 5.21 Å². The Labute approximate surface area is 88.9 Å². The van der Waals surface area contributed by atoms with Gasteiger partial charge in [-0.1, -0.05) is 11.6 Å². The average Bonchev–Trinajstić information content (AvgIpc) is 2.72. The average molecular weight is 231 g/mol. The fraction of sp³-hybridized carbons (Fsp3) is 0.333. The van der Waals surface area contributed by atoms with Crippen LogP contribution in [-0.4, -0.2) is 25.2 Å². The standard InChI is InChI=1S/C6H7ClN6S/c1-13-11-4(10-12-13)2-8-5-3-14-6(7)9-5/h3,8H,2H2,1H3. The second-order valence-electron chi connectivity index (χ2n) is 2.53. The van der Waals surface area contributed by atoms with Crippen molar-refractivity contribution in [2.45, 2.75) is 6.54 Å². The van der Waals surface area contributed by atoms with Crippen molar-refractivity contribution in [3.63, 3.8) is 0 Å². The van der Waals surface area contributed by atoms with E-state index in [-0.39, 0.29) is 0 Å². The third kappa shape index (κ3) is 2.18. The zero-order valence-electron chi connectivity index (χ0n) is 7.31. The normalized spacial score (nSPS) is 10.4. The maximum atomic E-state index is 5.67. The molecule has 0 spiro atoms. The molecule has 6 nitrogen and oxygen atoms in total. The van der Waals surface area contributed by atoms with Gasteiger partial charge >= 0.3 is 0 Å². The molecule has 0 bridgehead atoms. The van der Waals surface area contributed by atoms with Crippen LogP contribution in [0.1, 0.15) is 5.82 Å². The summed E-state index contributed by atoms with van der Waals surface area (Å²) in [5, 5.41) is 16.4. The number of nitrogens with one attached hydrogen (secondary N) is 1. The molecule has 2 heterocycles. The van der Waals surface area contributed by atoms with Crippen molar-refractivity contribution < 1.29 is 0 Å². The first kappa shape index (κ1) is 9.35. The molecule has 2 aromatic heterocycles. The Morgan fingerprint density at radius 3 is 3.07 bits per heavy atom. The number of thiazole rings is 1. The SMILES string of the molecule is Cn1nnc(CNc2csc(Cl)n2)n1. The number of tetrazole rings is 1. The number of hydrogen-bond acceptors (Lipinski definition) is 6. The third-order valence-electron chi connectivity index (χ3n) is 1.45. The minimum absolute atomic E-state index is 0.494. The lowest BCUT2D eigenvalue weighted by atomic mass is 10.6. The highest BCUT2D eigenvalue weighted by Crippen LogP contribution is 2.18. The van der Waals surface area contributed by atoms with Gasteiger partial charge in [0.1, 0.15) is 5.82 Å². The van der Waals surface area contributed by atoms with Crippen LogP contribution in [0.15, 0.2) is 5.38 Å². The van der Waals surface area contributed by atoms with Crippen LogP contribution in [0.3, 0.4) is 0 Å². The molecule has 0 aliphatic rings. The quantitative estimate of drug-likeness (QED) is 0.850. The first-order valence-electron chi connectivity index (χ1n) is 3.82. The van der Waals surface area contributed by atoms with Crippen molar-refractivity contribution in [3.05, 3.63) is 15.7 Å². The van der Waals surface area contributed by atoms with Crippen molar-refractivity contribution >= 4 is 28.8 Å². The Bertz CT molecular complexity index is 383. The number of halogens is 1. The van der Waals surface area contributed by atoms with Gasteiger partial charge in [0.05, 0.1) is 13.6 Å². The highest BCUT2D eigenvalue weighted by molar-refractivity contribution is 7.14. The van der Waals surface area contributed by atoms with E-state index in [9.17, 15) is 0 Å². The number of hydrogen-bond donors (Lipinski definition) is 1. The third-order valence-corrected chi connectivity index (χ3v) is 2.43. The van der Waals surface area contributed by atoms with Crippen LogP contribution in [0.4, 0.5) is 5.82 Å². The summed E-state index contributed by atoms with van der Waals surface area (Å²) in [5.41, 5.74) is 0. The topological polar surface area (TPSA) is 68.5 Å². The van der Waals surface area contributed by atoms with Crippen LogP contribution in [0, 0.1) is 0 Å². The highest BCUT2D eigenvalue weighted by Gasteiger charge is 2.02. The molecule has 2 rings (SSSR count). The lowest BCUT2D eigenvalue weighted by Gasteiger charge is -1.96. The molecule has 0 fully saturated rings. The fourth-order valence-corrected chi connectivity index (χ4v) is 1.62. The van der Waals surface area contributed by atoms with E-state index in [1.807, 2.05) is 5.38 Å². The van der Waals surface area contributed by atoms with Gasteiger partial charge in [-0.25, -0.2) is 4.98 Å². The van der Waals surface area contributed by atoms with Gasteiger partial charge in [0.25, 0.3) is 0 Å². The fourth-order valence-electron chi connectivity index (χ4n) is 0.897. The summed E-state index contributed by atoms with van der Waals surface area (Å²) in [6, 6.07) is 0. The molecule has 1 N–H and O–H groups in total. The van der Waals surface area contributed by atoms with Crippen molar-refractivity contribution in [1.82, 2.24) is 25.2 Å². The molecule has 2 aromatic rings. The molecule has 74 valence electrons. The smallest absolute Gasteiger partial charge is 0.193 e. The first-order valence-corrected chi connectivity index (χ1v) is 5.07. The van der Waals surface area contributed by atoms with Crippen molar-refractivity contribution in [2.24, 2.45) is 7.05 Å². The summed E-state index contributed by atoms with van der Waals surface area (Å²) in [4.78, 5) is 5.43. The summed E-state index contributed by atoms with van der Waals surface area (Å²) in [7, 11) is 1.72. The maximum absolute atomic E-state index is 5.67. The van der Waals surface area contributed by atoms with Crippen LogP contribution < -0.4 is 5.32 Å². The van der Waals surface area contributed by atoms with E-state index in [0.29, 0.717) is 16.8 Å². The van der Waals surface area contributed by atoms with E-state index in [4.69, 9.17) is 11.6 Å². The number of rotatable bonds is 3. The maximum Gasteiger partial charge on any atom is 0.193 e. The zero-order valence-corrected chi connectivity index (χ0v) is 8.88. The van der Waals surface area contributed by atoms with E-state index in [2.05, 4.69) is 25.7 Å². The Hall–Kier alpha value is -1.21. The predicted octanol–water partition coefficient (Wildman–Crippen LogP) is 0.932. The van der Waals surface area contributed by atoms with Gasteiger partial charge in [0.15, 0.2) is 10.3 Å². The number of nitrogens with zero attached hydrogens (tertiary/aromatic N) is 5. The minimum Gasteiger partial charge on any atom is -0.362 e. The summed E-state index contributed by atoms with van der Waals surface area (Å²) in [5.74, 6) is 1.35. The number of anilines is 1. The summed E-state index contributed by atoms with van der Waals surface area (Å²) < 4.78 is 0.514. The van der Waals surface area contributed by atoms with E-state index in [1.165, 1.54) is 16.1 Å². The molecule has 0 aliphatic heterocycles. The predicted molar refractivity (Wildman–Crippen MR) is 53.2 cm³/mol. The Morgan fingerprint density at radius 2 is 2.50 bits per heavy atom. The Kier molecular flexibility index (Phi) is 2.60. The summed E-state index contributed by atoms with van der Waals surface area (Å²) >= 11 is 7.04. The lowest BCUT2D eigenvalue weighted by molar-refractivity contribution is 0.628. The molecular weight excluding hydrogens is 224 g/mol. The molecule has 0 radical (unpaired) electrons. The van der Waals surface area contributed by atoms with Crippen molar-refractivity contribution in [2.75, 3.05) is 5.32 Å². The van der Waals surface area contributed by atoms with Gasteiger partial charge in [-0.15, -0.1) is 21.5 Å². The van der Waals surface area contributed by atoms with Crippen LogP contribution in [-0.2, 0) is 13.6 Å². The highest BCUT2D eigenvalue weighted by atomic mass is 35.5. The molecule has 0 atom stereocenters. The van der Waals surface area contributed by atoms with Crippen LogP contribution in [0.5, 0.6) is 0 Å². The van der Waals surface area contributed by atoms with E-state index < -0.39 is 0 Å². The molecule has 14 heavy (non-hydrogen) atoms. The van der Waals surface area contributed by atoms with Crippen LogP contribution in [0.25, 0.3) is 0 Å². The molecule has 0 saturated carbocycles. The zero-order chi connectivity index (χ0) is 9.97. The van der Waals surface area contributed by atoms with Crippen molar-refractivity contribution in [3.8, 4) is 0 Å². The van der Waals surface area contributed by atoms with Gasteiger partial charge < -0.3 is 5.32 Å². The van der Waals surface area contributed by atoms with Crippen LogP contribution >= 0.6 is 22.9 Å². The molecular formula is C6H7ClN6S. The van der Waals surface area contributed by atoms with Crippen LogP contribution in [0.2, 0.25) is 4.47 Å². The second kappa shape index (κ2) is 3.89. The monoisotopic (exact) mass is 230 g/mol. The molecule has 8 heteroatoms. The first-order chi connectivity index (χ1) is 6.74. The van der Waals surface area contributed by atoms with E-state index in [1.54, 1.807) is 7.05 Å². The van der Waals surface area contributed by atoms with Gasteiger partial charge in [-0.2, -0.15) is 4.80 Å². The van der Waals surface area contributed by atoms with Crippen molar-refractivity contribution in [1.29, 1.82) is 0 Å². The Morgan fingerprint density at radius 1 is 1.64 bits per heavy atom. The van der Waals surface area contributed by atoms with E-state index in [0.717, 1.165) is 5.82 Å². The largest absolute Gasteiger partial charge is 0.362 e. The molecule has 0 amide bonds. The van der Waals surface area contributed by atoms with E-state index >= 15 is 0 Å². The number of aryl methyl sites for hydroxylation is 1. The second-order valence-corrected chi connectivity index (χ2v) is 3.97. The van der Waals surface area contributed by atoms with Gasteiger partial charge in [0, 0.05) is 5.38 Å². The minimum atomic E-state index is 0.494. The number of aromatic nitrogens is 5. The summed E-state index contributed by atoms with van der Waals surface area (Å²) in [6.07, 6.45) is 0. The Balaban J connectivity index is 1.94. The molecule has 0 aliphatic carbocycles. The summed E-state index contributed by atoms with van der Waals surface area (Å²) in [6.45, 7) is 0.494. The van der Waals surface area contributed by atoms with Gasteiger partial charge in [0.2, 0.25) is 0 Å². The van der Waals surface area contributed by atoms with Gasteiger partial charge in [-0.3, -0.25) is 0 Å². The molecule has 0 unspecified atom stereocenters.